The normalized spacial score (nSPS) is 12.4. The highest BCUT2D eigenvalue weighted by molar-refractivity contribution is 7.71. The Morgan fingerprint density at radius 2 is 2.13 bits per heavy atom. The molecule has 0 spiro atoms. The summed E-state index contributed by atoms with van der Waals surface area (Å²) >= 11 is 4.72. The fourth-order valence-corrected chi connectivity index (χ4v) is 1.42. The molecule has 0 saturated carbocycles. The molecule has 1 aromatic rings. The van der Waals surface area contributed by atoms with E-state index < -0.39 is 18.9 Å². The van der Waals surface area contributed by atoms with Gasteiger partial charge in [0.05, 0.1) is 6.54 Å². The van der Waals surface area contributed by atoms with Gasteiger partial charge in [-0.1, -0.05) is 6.92 Å². The molecule has 1 heterocycles. The van der Waals surface area contributed by atoms with Gasteiger partial charge in [0, 0.05) is 11.9 Å². The number of aromatic nitrogens is 2. The molecule has 0 bridgehead atoms. The Morgan fingerprint density at radius 3 is 2.60 bits per heavy atom. The van der Waals surface area contributed by atoms with E-state index in [0.29, 0.717) is 12.1 Å². The van der Waals surface area contributed by atoms with Crippen LogP contribution in [0, 0.1) is 4.77 Å². The third kappa shape index (κ3) is 2.58. The number of aromatic amines is 1. The van der Waals surface area contributed by atoms with Crippen LogP contribution >= 0.6 is 12.2 Å². The van der Waals surface area contributed by atoms with E-state index in [2.05, 4.69) is 4.98 Å². The van der Waals surface area contributed by atoms with E-state index in [0.717, 1.165) is 4.57 Å². The molecule has 1 N–H and O–H groups in total. The summed E-state index contributed by atoms with van der Waals surface area (Å²) in [6.45, 7) is 0.644. The van der Waals surface area contributed by atoms with E-state index in [9.17, 15) is 17.6 Å². The van der Waals surface area contributed by atoms with Crippen LogP contribution in [0.25, 0.3) is 0 Å². The third-order valence-electron chi connectivity index (χ3n) is 2.00. The summed E-state index contributed by atoms with van der Waals surface area (Å²) in [4.78, 5) is 2.55. The van der Waals surface area contributed by atoms with Crippen LogP contribution in [-0.2, 0) is 13.0 Å². The number of H-pyrrole nitrogens is 1. The number of halogens is 4. The molecule has 2 nitrogen and oxygen atoms in total. The van der Waals surface area contributed by atoms with Crippen molar-refractivity contribution in [2.24, 2.45) is 0 Å². The first-order chi connectivity index (χ1) is 6.88. The van der Waals surface area contributed by atoms with Gasteiger partial charge in [0.25, 0.3) is 0 Å². The average Bonchev–Trinajstić information content (AvgIpc) is 2.47. The molecule has 7 heteroatoms. The van der Waals surface area contributed by atoms with Crippen molar-refractivity contribution in [1.29, 1.82) is 0 Å². The predicted octanol–water partition coefficient (Wildman–Crippen LogP) is 3.01. The van der Waals surface area contributed by atoms with Crippen molar-refractivity contribution < 1.29 is 17.6 Å². The van der Waals surface area contributed by atoms with Gasteiger partial charge >= 0.3 is 12.3 Å². The maximum absolute atomic E-state index is 12.8. The lowest BCUT2D eigenvalue weighted by atomic mass is 10.3. The molecule has 1 rings (SSSR count). The Labute approximate surface area is 88.9 Å². The molecule has 0 unspecified atom stereocenters. The highest BCUT2D eigenvalue weighted by Crippen LogP contribution is 2.25. The second-order valence-electron chi connectivity index (χ2n) is 3.09. The highest BCUT2D eigenvalue weighted by Gasteiger charge is 2.41. The minimum absolute atomic E-state index is 0.0344. The first-order valence-corrected chi connectivity index (χ1v) is 4.72. The Hall–Kier alpha value is -0.850. The minimum Gasteiger partial charge on any atom is -0.337 e. The summed E-state index contributed by atoms with van der Waals surface area (Å²) in [6.07, 6.45) is -1.78. The number of alkyl halides is 4. The number of nitrogens with zero attached hydrogens (tertiary/aromatic N) is 1. The van der Waals surface area contributed by atoms with E-state index in [1.165, 1.54) is 6.20 Å². The number of aryl methyl sites for hydroxylation is 1. The van der Waals surface area contributed by atoms with Gasteiger partial charge in [-0.15, -0.1) is 0 Å². The molecule has 1 aromatic heterocycles. The molecule has 86 valence electrons. The van der Waals surface area contributed by atoms with Gasteiger partial charge in [0.1, 0.15) is 0 Å². The summed E-state index contributed by atoms with van der Waals surface area (Å²) < 4.78 is 50.5. The Bertz CT molecular complexity index is 382. The van der Waals surface area contributed by atoms with Crippen LogP contribution in [0.3, 0.4) is 0 Å². The van der Waals surface area contributed by atoms with Crippen LogP contribution in [0.1, 0.15) is 12.6 Å². The molecule has 0 atom stereocenters. The first-order valence-electron chi connectivity index (χ1n) is 4.31. The highest BCUT2D eigenvalue weighted by atomic mass is 32.1. The van der Waals surface area contributed by atoms with Gasteiger partial charge in [-0.3, -0.25) is 0 Å². The Kier molecular flexibility index (Phi) is 3.54. The standard InChI is InChI=1S/C8H10F4N2S/c1-2-5-3-13-7(15)14(5)4-8(11,12)6(9)10/h3,6H,2,4H2,1H3,(H,13,15). The van der Waals surface area contributed by atoms with Crippen LogP contribution in [0.5, 0.6) is 0 Å². The van der Waals surface area contributed by atoms with E-state index in [-0.39, 0.29) is 4.77 Å². The molecule has 0 aliphatic rings. The van der Waals surface area contributed by atoms with Gasteiger partial charge in [-0.2, -0.15) is 8.78 Å². The maximum Gasteiger partial charge on any atom is 0.324 e. The monoisotopic (exact) mass is 242 g/mol. The first kappa shape index (κ1) is 12.2. The summed E-state index contributed by atoms with van der Waals surface area (Å²) in [5.41, 5.74) is 0.486. The molecule has 15 heavy (non-hydrogen) atoms. The third-order valence-corrected chi connectivity index (χ3v) is 2.34. The molecular weight excluding hydrogens is 232 g/mol. The van der Waals surface area contributed by atoms with E-state index >= 15 is 0 Å². The van der Waals surface area contributed by atoms with Crippen molar-refractivity contribution in [2.45, 2.75) is 32.2 Å². The second-order valence-corrected chi connectivity index (χ2v) is 3.47. The SMILES string of the molecule is CCc1c[nH]c(=S)n1CC(F)(F)C(F)F. The molecule has 0 aromatic carbocycles. The molecule has 0 aliphatic heterocycles. The van der Waals surface area contributed by atoms with Crippen molar-refractivity contribution in [1.82, 2.24) is 9.55 Å². The lowest BCUT2D eigenvalue weighted by Crippen LogP contribution is -2.32. The van der Waals surface area contributed by atoms with Crippen LogP contribution < -0.4 is 0 Å². The van der Waals surface area contributed by atoms with Crippen molar-refractivity contribution >= 4 is 12.2 Å². The lowest BCUT2D eigenvalue weighted by Gasteiger charge is -2.17. The number of hydrogen-bond acceptors (Lipinski definition) is 1. The van der Waals surface area contributed by atoms with Gasteiger partial charge in [-0.05, 0) is 18.6 Å². The van der Waals surface area contributed by atoms with Crippen molar-refractivity contribution in [3.63, 3.8) is 0 Å². The number of nitrogens with one attached hydrogen (secondary N) is 1. The quantitative estimate of drug-likeness (QED) is 0.635. The van der Waals surface area contributed by atoms with Crippen LogP contribution in [-0.4, -0.2) is 21.9 Å². The average molecular weight is 242 g/mol. The molecular formula is C8H10F4N2S. The fraction of sp³-hybridized carbons (Fsp3) is 0.625. The fourth-order valence-electron chi connectivity index (χ4n) is 1.18. The maximum atomic E-state index is 12.8. The van der Waals surface area contributed by atoms with Crippen LogP contribution in [0.4, 0.5) is 17.6 Å². The van der Waals surface area contributed by atoms with Crippen molar-refractivity contribution in [2.75, 3.05) is 0 Å². The van der Waals surface area contributed by atoms with Crippen LogP contribution in [0.2, 0.25) is 0 Å². The molecule has 0 radical (unpaired) electrons. The van der Waals surface area contributed by atoms with Gasteiger partial charge in [-0.25, -0.2) is 8.78 Å². The van der Waals surface area contributed by atoms with Gasteiger partial charge in [0.15, 0.2) is 4.77 Å². The summed E-state index contributed by atoms with van der Waals surface area (Å²) in [5.74, 6) is -4.05. The Morgan fingerprint density at radius 1 is 1.53 bits per heavy atom. The second kappa shape index (κ2) is 4.34. The molecule has 0 fully saturated rings. The van der Waals surface area contributed by atoms with E-state index in [4.69, 9.17) is 12.2 Å². The largest absolute Gasteiger partial charge is 0.337 e. The van der Waals surface area contributed by atoms with E-state index in [1.807, 2.05) is 0 Å². The number of hydrogen-bond donors (Lipinski definition) is 1. The van der Waals surface area contributed by atoms with Crippen molar-refractivity contribution in [3.8, 4) is 0 Å². The zero-order chi connectivity index (χ0) is 11.6. The minimum atomic E-state index is -4.05. The topological polar surface area (TPSA) is 20.7 Å². The smallest absolute Gasteiger partial charge is 0.324 e. The van der Waals surface area contributed by atoms with Gasteiger partial charge < -0.3 is 9.55 Å². The number of rotatable bonds is 4. The zero-order valence-corrected chi connectivity index (χ0v) is 8.75. The van der Waals surface area contributed by atoms with E-state index in [1.54, 1.807) is 6.92 Å². The lowest BCUT2D eigenvalue weighted by molar-refractivity contribution is -0.138. The van der Waals surface area contributed by atoms with Crippen molar-refractivity contribution in [3.05, 3.63) is 16.7 Å². The molecule has 0 aliphatic carbocycles. The Balaban J connectivity index is 2.98. The number of imidazole rings is 1. The molecule has 0 saturated heterocycles. The zero-order valence-electron chi connectivity index (χ0n) is 7.94. The van der Waals surface area contributed by atoms with Gasteiger partial charge in [0.2, 0.25) is 0 Å². The molecule has 0 amide bonds. The summed E-state index contributed by atoms with van der Waals surface area (Å²) in [7, 11) is 0. The van der Waals surface area contributed by atoms with Crippen LogP contribution in [0.15, 0.2) is 6.20 Å². The summed E-state index contributed by atoms with van der Waals surface area (Å²) in [6, 6.07) is 0. The summed E-state index contributed by atoms with van der Waals surface area (Å²) in [5, 5.41) is 0. The predicted molar refractivity (Wildman–Crippen MR) is 49.9 cm³/mol.